The van der Waals surface area contributed by atoms with Crippen LogP contribution in [0.1, 0.15) is 12.5 Å². The van der Waals surface area contributed by atoms with Crippen LogP contribution in [-0.2, 0) is 13.5 Å². The van der Waals surface area contributed by atoms with E-state index < -0.39 is 0 Å². The molecule has 6 heteroatoms. The first-order valence-corrected chi connectivity index (χ1v) is 6.05. The standard InChI is InChI=1S/C12H18N6/c1-3-14-11-7-13-8-12(17-11)15-5-4-10-6-16-18(2)9-10/h6-9H,3-5H2,1-2H3,(H2,14,15,17). The summed E-state index contributed by atoms with van der Waals surface area (Å²) in [5.41, 5.74) is 1.21. The highest BCUT2D eigenvalue weighted by Gasteiger charge is 1.99. The number of nitrogens with zero attached hydrogens (tertiary/aromatic N) is 4. The van der Waals surface area contributed by atoms with Crippen molar-refractivity contribution in [2.24, 2.45) is 7.05 Å². The van der Waals surface area contributed by atoms with Gasteiger partial charge >= 0.3 is 0 Å². The van der Waals surface area contributed by atoms with Gasteiger partial charge in [-0.05, 0) is 18.9 Å². The van der Waals surface area contributed by atoms with Gasteiger partial charge in [-0.3, -0.25) is 9.67 Å². The highest BCUT2D eigenvalue weighted by Crippen LogP contribution is 2.06. The van der Waals surface area contributed by atoms with Gasteiger partial charge in [-0.1, -0.05) is 0 Å². The molecule has 0 unspecified atom stereocenters. The van der Waals surface area contributed by atoms with Gasteiger partial charge in [0.1, 0.15) is 11.6 Å². The minimum Gasteiger partial charge on any atom is -0.369 e. The third kappa shape index (κ3) is 3.44. The number of hydrogen-bond acceptors (Lipinski definition) is 5. The number of rotatable bonds is 6. The van der Waals surface area contributed by atoms with Crippen molar-refractivity contribution in [3.8, 4) is 0 Å². The van der Waals surface area contributed by atoms with E-state index in [2.05, 4.69) is 25.7 Å². The van der Waals surface area contributed by atoms with Gasteiger partial charge in [0.2, 0.25) is 0 Å². The summed E-state index contributed by atoms with van der Waals surface area (Å²) >= 11 is 0. The summed E-state index contributed by atoms with van der Waals surface area (Å²) in [5, 5.41) is 10.5. The van der Waals surface area contributed by atoms with Crippen molar-refractivity contribution in [3.63, 3.8) is 0 Å². The van der Waals surface area contributed by atoms with Gasteiger partial charge in [0.05, 0.1) is 18.6 Å². The fourth-order valence-electron chi connectivity index (χ4n) is 1.65. The Hall–Kier alpha value is -2.11. The zero-order valence-corrected chi connectivity index (χ0v) is 10.7. The molecule has 0 atom stereocenters. The van der Waals surface area contributed by atoms with Gasteiger partial charge in [-0.15, -0.1) is 0 Å². The molecule has 0 amide bonds. The first-order chi connectivity index (χ1) is 8.78. The van der Waals surface area contributed by atoms with Crippen LogP contribution in [0.3, 0.4) is 0 Å². The van der Waals surface area contributed by atoms with E-state index in [1.165, 1.54) is 5.56 Å². The third-order valence-corrected chi connectivity index (χ3v) is 2.47. The lowest BCUT2D eigenvalue weighted by Gasteiger charge is -2.06. The first kappa shape index (κ1) is 12.3. The Morgan fingerprint density at radius 2 is 1.94 bits per heavy atom. The zero-order chi connectivity index (χ0) is 12.8. The molecule has 0 aliphatic heterocycles. The molecule has 0 radical (unpaired) electrons. The molecular weight excluding hydrogens is 228 g/mol. The predicted molar refractivity (Wildman–Crippen MR) is 71.6 cm³/mol. The second-order valence-corrected chi connectivity index (χ2v) is 4.02. The molecule has 0 saturated carbocycles. The lowest BCUT2D eigenvalue weighted by Crippen LogP contribution is -2.08. The van der Waals surface area contributed by atoms with Crippen molar-refractivity contribution in [2.75, 3.05) is 23.7 Å². The average molecular weight is 246 g/mol. The average Bonchev–Trinajstić information content (AvgIpc) is 2.76. The lowest BCUT2D eigenvalue weighted by molar-refractivity contribution is 0.767. The normalized spacial score (nSPS) is 10.3. The predicted octanol–water partition coefficient (Wildman–Crippen LogP) is 1.30. The number of aromatic nitrogens is 4. The summed E-state index contributed by atoms with van der Waals surface area (Å²) in [6, 6.07) is 0. The van der Waals surface area contributed by atoms with Crippen molar-refractivity contribution in [1.82, 2.24) is 19.7 Å². The Bertz CT molecular complexity index is 493. The maximum absolute atomic E-state index is 4.39. The molecule has 0 spiro atoms. The Morgan fingerprint density at radius 3 is 2.61 bits per heavy atom. The maximum atomic E-state index is 4.39. The SMILES string of the molecule is CCNc1cncc(NCCc2cnn(C)c2)n1. The molecule has 2 aromatic heterocycles. The topological polar surface area (TPSA) is 67.7 Å². The molecule has 0 saturated heterocycles. The van der Waals surface area contributed by atoms with Crippen LogP contribution in [0.15, 0.2) is 24.8 Å². The van der Waals surface area contributed by atoms with Crippen molar-refractivity contribution in [1.29, 1.82) is 0 Å². The van der Waals surface area contributed by atoms with Gasteiger partial charge in [-0.2, -0.15) is 5.10 Å². The van der Waals surface area contributed by atoms with Crippen molar-refractivity contribution < 1.29 is 0 Å². The minimum absolute atomic E-state index is 0.789. The van der Waals surface area contributed by atoms with Crippen LogP contribution in [0.4, 0.5) is 11.6 Å². The van der Waals surface area contributed by atoms with E-state index in [-0.39, 0.29) is 0 Å². The second kappa shape index (κ2) is 6.00. The molecule has 0 aliphatic carbocycles. The third-order valence-electron chi connectivity index (χ3n) is 2.47. The van der Waals surface area contributed by atoms with E-state index in [0.29, 0.717) is 0 Å². The summed E-state index contributed by atoms with van der Waals surface area (Å²) in [6.45, 7) is 3.69. The Labute approximate surface area is 106 Å². The van der Waals surface area contributed by atoms with Crippen molar-refractivity contribution in [3.05, 3.63) is 30.4 Å². The van der Waals surface area contributed by atoms with Crippen LogP contribution < -0.4 is 10.6 Å². The monoisotopic (exact) mass is 246 g/mol. The fraction of sp³-hybridized carbons (Fsp3) is 0.417. The molecule has 2 heterocycles. The van der Waals surface area contributed by atoms with Crippen LogP contribution in [0, 0.1) is 0 Å². The molecule has 2 aromatic rings. The van der Waals surface area contributed by atoms with Crippen LogP contribution in [0.25, 0.3) is 0 Å². The van der Waals surface area contributed by atoms with Crippen LogP contribution in [0.5, 0.6) is 0 Å². The van der Waals surface area contributed by atoms with E-state index in [1.807, 2.05) is 26.4 Å². The molecule has 96 valence electrons. The number of hydrogen-bond donors (Lipinski definition) is 2. The molecule has 6 nitrogen and oxygen atoms in total. The Morgan fingerprint density at radius 1 is 1.17 bits per heavy atom. The minimum atomic E-state index is 0.789. The maximum Gasteiger partial charge on any atom is 0.146 e. The second-order valence-electron chi connectivity index (χ2n) is 4.02. The summed E-state index contributed by atoms with van der Waals surface area (Å²) < 4.78 is 1.81. The van der Waals surface area contributed by atoms with E-state index in [4.69, 9.17) is 0 Å². The van der Waals surface area contributed by atoms with Gasteiger partial charge < -0.3 is 10.6 Å². The molecule has 18 heavy (non-hydrogen) atoms. The summed E-state index contributed by atoms with van der Waals surface area (Å²) in [6.07, 6.45) is 8.26. The zero-order valence-electron chi connectivity index (χ0n) is 10.7. The van der Waals surface area contributed by atoms with Crippen molar-refractivity contribution >= 4 is 11.6 Å². The smallest absolute Gasteiger partial charge is 0.146 e. The van der Waals surface area contributed by atoms with E-state index >= 15 is 0 Å². The van der Waals surface area contributed by atoms with E-state index in [9.17, 15) is 0 Å². The summed E-state index contributed by atoms with van der Waals surface area (Å²) in [7, 11) is 1.92. The number of aryl methyl sites for hydroxylation is 1. The molecule has 0 aliphatic rings. The van der Waals surface area contributed by atoms with Crippen LogP contribution in [0.2, 0.25) is 0 Å². The van der Waals surface area contributed by atoms with Crippen molar-refractivity contribution in [2.45, 2.75) is 13.3 Å². The fourth-order valence-corrected chi connectivity index (χ4v) is 1.65. The largest absolute Gasteiger partial charge is 0.369 e. The van der Waals surface area contributed by atoms with Gasteiger partial charge in [-0.25, -0.2) is 4.98 Å². The number of anilines is 2. The van der Waals surface area contributed by atoms with Gasteiger partial charge in [0, 0.05) is 26.3 Å². The highest BCUT2D eigenvalue weighted by molar-refractivity contribution is 5.41. The quantitative estimate of drug-likeness (QED) is 0.804. The summed E-state index contributed by atoms with van der Waals surface area (Å²) in [5.74, 6) is 1.58. The van der Waals surface area contributed by atoms with Crippen LogP contribution in [-0.4, -0.2) is 32.8 Å². The molecule has 2 N–H and O–H groups in total. The molecule has 2 rings (SSSR count). The van der Waals surface area contributed by atoms with Gasteiger partial charge in [0.25, 0.3) is 0 Å². The summed E-state index contributed by atoms with van der Waals surface area (Å²) in [4.78, 5) is 8.52. The Kier molecular flexibility index (Phi) is 4.11. The van der Waals surface area contributed by atoms with Crippen LogP contribution >= 0.6 is 0 Å². The van der Waals surface area contributed by atoms with Gasteiger partial charge in [0.15, 0.2) is 0 Å². The highest BCUT2D eigenvalue weighted by atomic mass is 15.2. The van der Waals surface area contributed by atoms with E-state index in [0.717, 1.165) is 31.1 Å². The van der Waals surface area contributed by atoms with E-state index in [1.54, 1.807) is 17.1 Å². The molecule has 0 aromatic carbocycles. The lowest BCUT2D eigenvalue weighted by atomic mass is 10.2. The number of nitrogens with one attached hydrogen (secondary N) is 2. The first-order valence-electron chi connectivity index (χ1n) is 6.05. The molecular formula is C12H18N6. The Balaban J connectivity index is 1.84. The molecule has 0 bridgehead atoms. The molecule has 0 fully saturated rings.